The third kappa shape index (κ3) is 6.04. The molecular formula is C23H34N6O2. The molecule has 8 heteroatoms. The number of piperazine rings is 1. The van der Waals surface area contributed by atoms with Gasteiger partial charge >= 0.3 is 11.8 Å². The Balaban J connectivity index is 1.25. The van der Waals surface area contributed by atoms with E-state index in [-0.39, 0.29) is 11.8 Å². The van der Waals surface area contributed by atoms with Crippen LogP contribution in [0.1, 0.15) is 42.8 Å². The quantitative estimate of drug-likeness (QED) is 0.682. The van der Waals surface area contributed by atoms with E-state index in [0.29, 0.717) is 12.4 Å². The van der Waals surface area contributed by atoms with Crippen LogP contribution in [0.5, 0.6) is 0 Å². The lowest BCUT2D eigenvalue weighted by atomic mass is 10.2. The van der Waals surface area contributed by atoms with Crippen molar-refractivity contribution in [2.75, 3.05) is 64.3 Å². The van der Waals surface area contributed by atoms with Crippen LogP contribution in [0.2, 0.25) is 0 Å². The van der Waals surface area contributed by atoms with E-state index in [1.165, 1.54) is 31.4 Å². The number of hydrogen-bond donors (Lipinski definition) is 1. The molecule has 1 aromatic heterocycles. The first-order valence-corrected chi connectivity index (χ1v) is 11.6. The van der Waals surface area contributed by atoms with E-state index in [1.807, 2.05) is 12.1 Å². The van der Waals surface area contributed by atoms with E-state index in [4.69, 9.17) is 4.52 Å². The van der Waals surface area contributed by atoms with Gasteiger partial charge in [-0.2, -0.15) is 4.98 Å². The number of benzene rings is 1. The minimum absolute atomic E-state index is 0.0196. The van der Waals surface area contributed by atoms with Crippen LogP contribution in [0.3, 0.4) is 0 Å². The number of aromatic nitrogens is 2. The number of nitrogens with zero attached hydrogens (tertiary/aromatic N) is 5. The second-order valence-electron chi connectivity index (χ2n) is 8.63. The van der Waals surface area contributed by atoms with Crippen molar-refractivity contribution in [1.29, 1.82) is 0 Å². The first-order chi connectivity index (χ1) is 15.2. The second-order valence-corrected chi connectivity index (χ2v) is 8.63. The lowest BCUT2D eigenvalue weighted by Gasteiger charge is -2.32. The van der Waals surface area contributed by atoms with Gasteiger partial charge in [0.05, 0.1) is 0 Å². The maximum Gasteiger partial charge on any atom is 0.316 e. The number of likely N-dealkylation sites (N-methyl/N-ethyl adjacent to an activating group) is 1. The second kappa shape index (κ2) is 10.7. The fourth-order valence-corrected chi connectivity index (χ4v) is 4.23. The summed E-state index contributed by atoms with van der Waals surface area (Å²) in [5.74, 6) is 0.162. The van der Waals surface area contributed by atoms with Crippen molar-refractivity contribution < 1.29 is 9.32 Å². The summed E-state index contributed by atoms with van der Waals surface area (Å²) in [5, 5.41) is 6.89. The van der Waals surface area contributed by atoms with Crippen LogP contribution in [-0.2, 0) is 0 Å². The van der Waals surface area contributed by atoms with Crippen molar-refractivity contribution in [2.45, 2.75) is 32.1 Å². The monoisotopic (exact) mass is 426 g/mol. The topological polar surface area (TPSA) is 77.7 Å². The van der Waals surface area contributed by atoms with Gasteiger partial charge in [-0.25, -0.2) is 0 Å². The molecule has 2 aromatic rings. The molecule has 2 aliphatic rings. The number of carbonyl (C=O) groups is 1. The summed E-state index contributed by atoms with van der Waals surface area (Å²) in [6.45, 7) is 8.22. The van der Waals surface area contributed by atoms with E-state index in [0.717, 1.165) is 57.8 Å². The number of hydrogen-bond acceptors (Lipinski definition) is 7. The van der Waals surface area contributed by atoms with E-state index in [9.17, 15) is 4.79 Å². The molecule has 1 N–H and O–H groups in total. The molecule has 2 fully saturated rings. The third-order valence-corrected chi connectivity index (χ3v) is 6.25. The molecule has 2 aliphatic heterocycles. The minimum atomic E-state index is -0.307. The molecule has 31 heavy (non-hydrogen) atoms. The Labute approximate surface area is 184 Å². The van der Waals surface area contributed by atoms with Gasteiger partial charge in [-0.05, 0) is 57.1 Å². The minimum Gasteiger partial charge on any atom is -0.372 e. The summed E-state index contributed by atoms with van der Waals surface area (Å²) in [5.41, 5.74) is 2.09. The van der Waals surface area contributed by atoms with Crippen LogP contribution in [0.15, 0.2) is 28.8 Å². The molecule has 0 radical (unpaired) electrons. The van der Waals surface area contributed by atoms with Crippen molar-refractivity contribution >= 4 is 11.6 Å². The van der Waals surface area contributed by atoms with Crippen molar-refractivity contribution in [3.8, 4) is 11.4 Å². The average Bonchev–Trinajstić information content (AvgIpc) is 3.14. The molecule has 2 saturated heterocycles. The van der Waals surface area contributed by atoms with Gasteiger partial charge in [0, 0.05) is 57.1 Å². The molecule has 168 valence electrons. The first kappa shape index (κ1) is 21.8. The molecule has 0 bridgehead atoms. The van der Waals surface area contributed by atoms with Gasteiger partial charge in [-0.1, -0.05) is 18.0 Å². The zero-order valence-electron chi connectivity index (χ0n) is 18.6. The fraction of sp³-hybridized carbons (Fsp3) is 0.609. The first-order valence-electron chi connectivity index (χ1n) is 11.6. The van der Waals surface area contributed by atoms with E-state index < -0.39 is 0 Å². The van der Waals surface area contributed by atoms with Crippen LogP contribution >= 0.6 is 0 Å². The summed E-state index contributed by atoms with van der Waals surface area (Å²) in [6, 6.07) is 8.22. The molecular weight excluding hydrogens is 392 g/mol. The Morgan fingerprint density at radius 1 is 1.00 bits per heavy atom. The lowest BCUT2D eigenvalue weighted by molar-refractivity contribution is 0.0906. The van der Waals surface area contributed by atoms with Gasteiger partial charge < -0.3 is 24.5 Å². The van der Waals surface area contributed by atoms with Crippen molar-refractivity contribution in [3.63, 3.8) is 0 Å². The zero-order valence-corrected chi connectivity index (χ0v) is 18.6. The highest BCUT2D eigenvalue weighted by atomic mass is 16.5. The van der Waals surface area contributed by atoms with Gasteiger partial charge in [-0.15, -0.1) is 0 Å². The van der Waals surface area contributed by atoms with Gasteiger partial charge in [0.15, 0.2) is 0 Å². The van der Waals surface area contributed by atoms with Crippen LogP contribution in [0.25, 0.3) is 11.4 Å². The molecule has 1 aromatic carbocycles. The van der Waals surface area contributed by atoms with Crippen LogP contribution in [0, 0.1) is 0 Å². The molecule has 1 amide bonds. The van der Waals surface area contributed by atoms with Crippen molar-refractivity contribution in [2.24, 2.45) is 0 Å². The van der Waals surface area contributed by atoms with Gasteiger partial charge in [0.25, 0.3) is 0 Å². The van der Waals surface area contributed by atoms with E-state index in [1.54, 1.807) is 0 Å². The summed E-state index contributed by atoms with van der Waals surface area (Å²) in [4.78, 5) is 23.9. The SMILES string of the molecule is CN1CCN(CCCNC(=O)c2nc(-c3ccc(N4CCCCCC4)cc3)no2)CC1. The normalized spacial score (nSPS) is 18.7. The zero-order chi connectivity index (χ0) is 21.5. The summed E-state index contributed by atoms with van der Waals surface area (Å²) in [6.07, 6.45) is 6.05. The lowest BCUT2D eigenvalue weighted by Crippen LogP contribution is -2.45. The number of rotatable bonds is 7. The van der Waals surface area contributed by atoms with Crippen LogP contribution in [0.4, 0.5) is 5.69 Å². The molecule has 0 saturated carbocycles. The van der Waals surface area contributed by atoms with Crippen molar-refractivity contribution in [3.05, 3.63) is 30.2 Å². The largest absolute Gasteiger partial charge is 0.372 e. The number of nitrogens with one attached hydrogen (secondary N) is 1. The molecule has 0 unspecified atom stereocenters. The molecule has 0 aliphatic carbocycles. The Kier molecular flexibility index (Phi) is 7.53. The Morgan fingerprint density at radius 3 is 2.42 bits per heavy atom. The van der Waals surface area contributed by atoms with E-state index in [2.05, 4.69) is 49.3 Å². The van der Waals surface area contributed by atoms with Gasteiger partial charge in [0.1, 0.15) is 0 Å². The Morgan fingerprint density at radius 2 is 1.71 bits per heavy atom. The standard InChI is InChI=1S/C23H34N6O2/c1-27-15-17-28(18-16-27)12-6-11-24-22(30)23-25-21(26-31-23)19-7-9-20(10-8-19)29-13-4-2-3-5-14-29/h7-10H,2-6,11-18H2,1H3,(H,24,30). The maximum atomic E-state index is 12.3. The Hall–Kier alpha value is -2.45. The number of anilines is 1. The van der Waals surface area contributed by atoms with Crippen molar-refractivity contribution in [1.82, 2.24) is 25.3 Å². The molecule has 8 nitrogen and oxygen atoms in total. The molecule has 4 rings (SSSR count). The Bertz CT molecular complexity index is 821. The van der Waals surface area contributed by atoms with E-state index >= 15 is 0 Å². The molecule has 3 heterocycles. The summed E-state index contributed by atoms with van der Waals surface area (Å²) >= 11 is 0. The van der Waals surface area contributed by atoms with Gasteiger partial charge in [0.2, 0.25) is 5.82 Å². The van der Waals surface area contributed by atoms with Crippen LogP contribution in [-0.4, -0.2) is 85.3 Å². The smallest absolute Gasteiger partial charge is 0.316 e. The molecule has 0 atom stereocenters. The fourth-order valence-electron chi connectivity index (χ4n) is 4.23. The predicted molar refractivity (Wildman–Crippen MR) is 121 cm³/mol. The molecule has 0 spiro atoms. The number of amides is 1. The highest BCUT2D eigenvalue weighted by Crippen LogP contribution is 2.23. The highest BCUT2D eigenvalue weighted by Gasteiger charge is 2.17. The third-order valence-electron chi connectivity index (χ3n) is 6.25. The summed E-state index contributed by atoms with van der Waals surface area (Å²) in [7, 11) is 2.15. The highest BCUT2D eigenvalue weighted by molar-refractivity contribution is 5.89. The summed E-state index contributed by atoms with van der Waals surface area (Å²) < 4.78 is 5.20. The number of carbonyl (C=O) groups excluding carboxylic acids is 1. The van der Waals surface area contributed by atoms with Crippen LogP contribution < -0.4 is 10.2 Å². The average molecular weight is 427 g/mol. The predicted octanol–water partition coefficient (Wildman–Crippen LogP) is 2.48. The van der Waals surface area contributed by atoms with Gasteiger partial charge in [-0.3, -0.25) is 4.79 Å². The maximum absolute atomic E-state index is 12.3.